The zero-order valence-electron chi connectivity index (χ0n) is 13.1. The van der Waals surface area contributed by atoms with Gasteiger partial charge in [-0.05, 0) is 45.4 Å². The second kappa shape index (κ2) is 6.16. The van der Waals surface area contributed by atoms with Gasteiger partial charge in [0.2, 0.25) is 0 Å². The molecule has 1 aliphatic carbocycles. The van der Waals surface area contributed by atoms with Crippen molar-refractivity contribution in [2.75, 3.05) is 27.2 Å². The lowest BCUT2D eigenvalue weighted by Crippen LogP contribution is -2.51. The standard InChI is InChI=1S/C15H22FN5O/c1-19(2)7-12-8-21(18-17-12)13-9-20(10-13)15(22)14(16)11-5-3-4-6-11/h8,13H,3-7,9-10H2,1-2H3. The Kier molecular flexibility index (Phi) is 4.24. The normalized spacial score (nSPS) is 18.9. The van der Waals surface area contributed by atoms with Gasteiger partial charge in [0, 0.05) is 19.6 Å². The Morgan fingerprint density at radius 3 is 2.68 bits per heavy atom. The predicted molar refractivity (Wildman–Crippen MR) is 79.6 cm³/mol. The molecule has 0 spiro atoms. The number of hydrogen-bond acceptors (Lipinski definition) is 4. The average molecular weight is 307 g/mol. The van der Waals surface area contributed by atoms with E-state index < -0.39 is 11.7 Å². The van der Waals surface area contributed by atoms with Crippen molar-refractivity contribution < 1.29 is 9.18 Å². The van der Waals surface area contributed by atoms with Gasteiger partial charge >= 0.3 is 0 Å². The fourth-order valence-electron chi connectivity index (χ4n) is 2.99. The summed E-state index contributed by atoms with van der Waals surface area (Å²) in [5.74, 6) is -0.982. The monoisotopic (exact) mass is 307 g/mol. The third kappa shape index (κ3) is 3.04. The number of amides is 1. The highest BCUT2D eigenvalue weighted by Crippen LogP contribution is 2.30. The highest BCUT2D eigenvalue weighted by atomic mass is 19.1. The van der Waals surface area contributed by atoms with E-state index in [0.29, 0.717) is 18.7 Å². The smallest absolute Gasteiger partial charge is 0.282 e. The maximum Gasteiger partial charge on any atom is 0.282 e. The van der Waals surface area contributed by atoms with Crippen LogP contribution in [0.15, 0.2) is 17.6 Å². The molecule has 2 heterocycles. The van der Waals surface area contributed by atoms with Crippen LogP contribution in [0.4, 0.5) is 4.39 Å². The molecule has 3 rings (SSSR count). The van der Waals surface area contributed by atoms with Crippen LogP contribution in [0.5, 0.6) is 0 Å². The molecule has 1 aromatic rings. The molecular formula is C15H22FN5O. The molecule has 0 unspecified atom stereocenters. The van der Waals surface area contributed by atoms with Crippen molar-refractivity contribution in [2.45, 2.75) is 38.3 Å². The van der Waals surface area contributed by atoms with Crippen molar-refractivity contribution >= 4 is 5.91 Å². The van der Waals surface area contributed by atoms with E-state index in [4.69, 9.17) is 0 Å². The average Bonchev–Trinajstić information content (AvgIpc) is 3.07. The van der Waals surface area contributed by atoms with Gasteiger partial charge in [-0.2, -0.15) is 0 Å². The summed E-state index contributed by atoms with van der Waals surface area (Å²) in [6.45, 7) is 1.74. The number of allylic oxidation sites excluding steroid dienone is 1. The molecule has 6 nitrogen and oxygen atoms in total. The van der Waals surface area contributed by atoms with Crippen LogP contribution in [-0.4, -0.2) is 57.9 Å². The van der Waals surface area contributed by atoms with E-state index in [1.807, 2.05) is 25.2 Å². The van der Waals surface area contributed by atoms with Gasteiger partial charge in [-0.15, -0.1) is 5.10 Å². The molecule has 0 atom stereocenters. The molecule has 0 radical (unpaired) electrons. The van der Waals surface area contributed by atoms with E-state index in [-0.39, 0.29) is 6.04 Å². The van der Waals surface area contributed by atoms with Crippen molar-refractivity contribution in [1.82, 2.24) is 24.8 Å². The molecule has 0 aromatic carbocycles. The topological polar surface area (TPSA) is 54.3 Å². The Labute approximate surface area is 129 Å². The van der Waals surface area contributed by atoms with Crippen molar-refractivity contribution in [3.05, 3.63) is 23.3 Å². The third-order valence-corrected chi connectivity index (χ3v) is 4.26. The lowest BCUT2D eigenvalue weighted by atomic mass is 10.1. The van der Waals surface area contributed by atoms with Crippen LogP contribution in [0.1, 0.15) is 37.4 Å². The van der Waals surface area contributed by atoms with Crippen LogP contribution >= 0.6 is 0 Å². The second-order valence-electron chi connectivity index (χ2n) is 6.42. The van der Waals surface area contributed by atoms with Gasteiger partial charge in [0.15, 0.2) is 5.83 Å². The molecular weight excluding hydrogens is 285 g/mol. The molecule has 1 aliphatic heterocycles. The van der Waals surface area contributed by atoms with Gasteiger partial charge in [0.25, 0.3) is 5.91 Å². The summed E-state index contributed by atoms with van der Waals surface area (Å²) < 4.78 is 15.9. The first kappa shape index (κ1) is 15.1. The molecule has 2 aliphatic rings. The second-order valence-corrected chi connectivity index (χ2v) is 6.42. The molecule has 1 saturated carbocycles. The van der Waals surface area contributed by atoms with E-state index in [2.05, 4.69) is 10.3 Å². The molecule has 1 amide bonds. The molecule has 1 saturated heterocycles. The summed E-state index contributed by atoms with van der Waals surface area (Å²) in [5.41, 5.74) is 1.59. The van der Waals surface area contributed by atoms with Crippen LogP contribution < -0.4 is 0 Å². The van der Waals surface area contributed by atoms with E-state index in [9.17, 15) is 9.18 Å². The summed E-state index contributed by atoms with van der Waals surface area (Å²) in [4.78, 5) is 15.7. The number of nitrogens with zero attached hydrogens (tertiary/aromatic N) is 5. The highest BCUT2D eigenvalue weighted by Gasteiger charge is 2.35. The Morgan fingerprint density at radius 1 is 1.36 bits per heavy atom. The Balaban J connectivity index is 1.56. The van der Waals surface area contributed by atoms with Crippen LogP contribution in [-0.2, 0) is 11.3 Å². The number of hydrogen-bond donors (Lipinski definition) is 0. The SMILES string of the molecule is CN(C)Cc1cn(C2CN(C(=O)C(F)=C3CCCC3)C2)nn1. The molecule has 2 fully saturated rings. The summed E-state index contributed by atoms with van der Waals surface area (Å²) in [5, 5.41) is 8.22. The molecule has 120 valence electrons. The predicted octanol–water partition coefficient (Wildman–Crippen LogP) is 1.52. The fourth-order valence-corrected chi connectivity index (χ4v) is 2.99. The summed E-state index contributed by atoms with van der Waals surface area (Å²) in [6.07, 6.45) is 5.34. The molecule has 7 heteroatoms. The van der Waals surface area contributed by atoms with Crippen LogP contribution in [0.25, 0.3) is 0 Å². The number of carbonyl (C=O) groups is 1. The Hall–Kier alpha value is -1.76. The van der Waals surface area contributed by atoms with Crippen molar-refractivity contribution in [1.29, 1.82) is 0 Å². The summed E-state index contributed by atoms with van der Waals surface area (Å²) >= 11 is 0. The minimum Gasteiger partial charge on any atom is -0.332 e. The van der Waals surface area contributed by atoms with Gasteiger partial charge in [-0.1, -0.05) is 5.21 Å². The first-order valence-electron chi connectivity index (χ1n) is 7.77. The van der Waals surface area contributed by atoms with Gasteiger partial charge < -0.3 is 9.80 Å². The zero-order chi connectivity index (χ0) is 15.7. The Bertz CT molecular complexity index is 581. The number of likely N-dealkylation sites (tertiary alicyclic amines) is 1. The zero-order valence-corrected chi connectivity index (χ0v) is 13.1. The lowest BCUT2D eigenvalue weighted by molar-refractivity contribution is -0.134. The minimum absolute atomic E-state index is 0.105. The van der Waals surface area contributed by atoms with Crippen LogP contribution in [0, 0.1) is 0 Å². The van der Waals surface area contributed by atoms with Gasteiger partial charge in [-0.25, -0.2) is 9.07 Å². The number of halogens is 1. The number of rotatable bonds is 4. The van der Waals surface area contributed by atoms with E-state index in [1.165, 1.54) is 0 Å². The van der Waals surface area contributed by atoms with Gasteiger partial charge in [-0.3, -0.25) is 4.79 Å². The Morgan fingerprint density at radius 2 is 2.05 bits per heavy atom. The van der Waals surface area contributed by atoms with Crippen LogP contribution in [0.3, 0.4) is 0 Å². The number of aromatic nitrogens is 3. The van der Waals surface area contributed by atoms with Gasteiger partial charge in [0.05, 0.1) is 17.9 Å². The summed E-state index contributed by atoms with van der Waals surface area (Å²) in [6, 6.07) is 0.105. The lowest BCUT2D eigenvalue weighted by Gasteiger charge is -2.38. The minimum atomic E-state index is -0.525. The molecule has 0 N–H and O–H groups in total. The van der Waals surface area contributed by atoms with Crippen molar-refractivity contribution in [3.63, 3.8) is 0 Å². The number of carbonyl (C=O) groups excluding carboxylic acids is 1. The first-order valence-corrected chi connectivity index (χ1v) is 7.77. The van der Waals surface area contributed by atoms with E-state index in [1.54, 1.807) is 9.58 Å². The van der Waals surface area contributed by atoms with E-state index in [0.717, 1.165) is 37.9 Å². The largest absolute Gasteiger partial charge is 0.332 e. The maximum atomic E-state index is 14.1. The van der Waals surface area contributed by atoms with Crippen molar-refractivity contribution in [3.8, 4) is 0 Å². The molecule has 1 aromatic heterocycles. The quantitative estimate of drug-likeness (QED) is 0.792. The fraction of sp³-hybridized carbons (Fsp3) is 0.667. The molecule has 22 heavy (non-hydrogen) atoms. The van der Waals surface area contributed by atoms with Crippen LogP contribution in [0.2, 0.25) is 0 Å². The van der Waals surface area contributed by atoms with Crippen molar-refractivity contribution in [2.24, 2.45) is 0 Å². The van der Waals surface area contributed by atoms with Gasteiger partial charge in [0.1, 0.15) is 0 Å². The van der Waals surface area contributed by atoms with E-state index >= 15 is 0 Å². The molecule has 0 bridgehead atoms. The first-order chi connectivity index (χ1) is 10.5. The maximum absolute atomic E-state index is 14.1. The third-order valence-electron chi connectivity index (χ3n) is 4.26. The summed E-state index contributed by atoms with van der Waals surface area (Å²) in [7, 11) is 3.95. The highest BCUT2D eigenvalue weighted by molar-refractivity contribution is 5.92.